The van der Waals surface area contributed by atoms with E-state index >= 15 is 0 Å². The second-order valence-electron chi connectivity index (χ2n) is 7.06. The minimum absolute atomic E-state index is 0.0737. The lowest BCUT2D eigenvalue weighted by Gasteiger charge is -2.19. The average Bonchev–Trinajstić information content (AvgIpc) is 3.06. The molecule has 2 aromatic carbocycles. The van der Waals surface area contributed by atoms with Gasteiger partial charge in [0.2, 0.25) is 0 Å². The molecule has 0 atom stereocenters. The number of amides is 1. The first kappa shape index (κ1) is 17.9. The lowest BCUT2D eigenvalue weighted by atomic mass is 10.00. The van der Waals surface area contributed by atoms with Crippen LogP contribution in [-0.4, -0.2) is 21.8 Å². The topological polar surface area (TPSA) is 84.6 Å². The Hall–Kier alpha value is -2.86. The normalized spacial score (nSPS) is 11.5. The molecule has 0 aliphatic heterocycles. The number of hydrogen-bond acceptors (Lipinski definition) is 5. The number of rotatable bonds is 4. The van der Waals surface area contributed by atoms with E-state index in [1.165, 1.54) is 6.39 Å². The Morgan fingerprint density at radius 3 is 2.77 bits per heavy atom. The minimum atomic E-state index is -0.533. The number of ether oxygens (including phenoxy) is 1. The van der Waals surface area contributed by atoms with Gasteiger partial charge in [0.05, 0.1) is 6.61 Å². The predicted octanol–water partition coefficient (Wildman–Crippen LogP) is 4.01. The van der Waals surface area contributed by atoms with Crippen LogP contribution in [0.3, 0.4) is 0 Å². The molecule has 0 saturated heterocycles. The minimum Gasteiger partial charge on any atom is -0.444 e. The number of carbonyl (C=O) groups excluding carboxylic acids is 1. The maximum atomic E-state index is 11.8. The number of alkyl carbamates (subject to hydrolysis) is 1. The summed E-state index contributed by atoms with van der Waals surface area (Å²) < 4.78 is 10.8. The van der Waals surface area contributed by atoms with Gasteiger partial charge in [-0.15, -0.1) is 0 Å². The van der Waals surface area contributed by atoms with E-state index in [9.17, 15) is 9.90 Å². The molecule has 0 aliphatic rings. The van der Waals surface area contributed by atoms with Gasteiger partial charge in [0.25, 0.3) is 0 Å². The van der Waals surface area contributed by atoms with Crippen molar-refractivity contribution in [1.82, 2.24) is 10.3 Å². The van der Waals surface area contributed by atoms with Crippen LogP contribution in [0.25, 0.3) is 22.2 Å². The van der Waals surface area contributed by atoms with Crippen molar-refractivity contribution in [2.24, 2.45) is 0 Å². The van der Waals surface area contributed by atoms with Gasteiger partial charge in [-0.1, -0.05) is 18.2 Å². The standard InChI is InChI=1S/C20H22N2O4/c1-20(2,3)26-19(24)21-10-13-5-4-6-15(7-13)16-8-14(11-23)9-17-18(16)25-12-22-17/h4-9,12,23H,10-11H2,1-3H3,(H,21,24). The second-order valence-corrected chi connectivity index (χ2v) is 7.06. The lowest BCUT2D eigenvalue weighted by Crippen LogP contribution is -2.32. The largest absolute Gasteiger partial charge is 0.444 e. The molecule has 0 bridgehead atoms. The van der Waals surface area contributed by atoms with E-state index < -0.39 is 11.7 Å². The Balaban J connectivity index is 1.84. The van der Waals surface area contributed by atoms with E-state index in [0.717, 1.165) is 22.3 Å². The van der Waals surface area contributed by atoms with Gasteiger partial charge in [0, 0.05) is 12.1 Å². The van der Waals surface area contributed by atoms with Crippen LogP contribution >= 0.6 is 0 Å². The maximum absolute atomic E-state index is 11.8. The van der Waals surface area contributed by atoms with E-state index in [2.05, 4.69) is 10.3 Å². The van der Waals surface area contributed by atoms with Crippen molar-refractivity contribution in [2.75, 3.05) is 0 Å². The fraction of sp³-hybridized carbons (Fsp3) is 0.300. The molecule has 6 heteroatoms. The molecule has 0 aliphatic carbocycles. The SMILES string of the molecule is CC(C)(C)OC(=O)NCc1cccc(-c2cc(CO)cc3ncoc23)c1. The monoisotopic (exact) mass is 354 g/mol. The Bertz CT molecular complexity index is 925. The zero-order chi connectivity index (χ0) is 18.7. The second kappa shape index (κ2) is 7.17. The van der Waals surface area contributed by atoms with Crippen molar-refractivity contribution in [2.45, 2.75) is 39.5 Å². The zero-order valence-corrected chi connectivity index (χ0v) is 15.1. The highest BCUT2D eigenvalue weighted by Gasteiger charge is 2.16. The molecular weight excluding hydrogens is 332 g/mol. The molecule has 6 nitrogen and oxygen atoms in total. The van der Waals surface area contributed by atoms with Crippen molar-refractivity contribution in [3.8, 4) is 11.1 Å². The third kappa shape index (κ3) is 4.21. The number of fused-ring (bicyclic) bond motifs is 1. The van der Waals surface area contributed by atoms with Crippen LogP contribution in [0.4, 0.5) is 4.79 Å². The number of carbonyl (C=O) groups is 1. The first-order chi connectivity index (χ1) is 12.4. The number of nitrogens with one attached hydrogen (secondary N) is 1. The summed E-state index contributed by atoms with van der Waals surface area (Å²) in [5.41, 5.74) is 4.29. The number of aliphatic hydroxyl groups excluding tert-OH is 1. The fourth-order valence-corrected chi connectivity index (χ4v) is 2.67. The lowest BCUT2D eigenvalue weighted by molar-refractivity contribution is 0.0523. The van der Waals surface area contributed by atoms with Crippen LogP contribution in [0.1, 0.15) is 31.9 Å². The molecule has 2 N–H and O–H groups in total. The average molecular weight is 354 g/mol. The first-order valence-electron chi connectivity index (χ1n) is 8.39. The number of oxazole rings is 1. The Morgan fingerprint density at radius 2 is 2.04 bits per heavy atom. The van der Waals surface area contributed by atoms with Crippen molar-refractivity contribution in [1.29, 1.82) is 0 Å². The maximum Gasteiger partial charge on any atom is 0.407 e. The van der Waals surface area contributed by atoms with Crippen molar-refractivity contribution in [3.63, 3.8) is 0 Å². The van der Waals surface area contributed by atoms with E-state index in [1.807, 2.05) is 51.1 Å². The predicted molar refractivity (Wildman–Crippen MR) is 98.4 cm³/mol. The van der Waals surface area contributed by atoms with Gasteiger partial charge >= 0.3 is 6.09 Å². The highest BCUT2D eigenvalue weighted by molar-refractivity contribution is 5.91. The molecule has 0 spiro atoms. The third-order valence-electron chi connectivity index (χ3n) is 3.75. The molecule has 0 saturated carbocycles. The molecular formula is C20H22N2O4. The van der Waals surface area contributed by atoms with Crippen LogP contribution in [0, 0.1) is 0 Å². The van der Waals surface area contributed by atoms with Crippen LogP contribution in [-0.2, 0) is 17.9 Å². The van der Waals surface area contributed by atoms with E-state index in [-0.39, 0.29) is 6.61 Å². The molecule has 0 radical (unpaired) electrons. The van der Waals surface area contributed by atoms with E-state index in [4.69, 9.17) is 9.15 Å². The molecule has 26 heavy (non-hydrogen) atoms. The summed E-state index contributed by atoms with van der Waals surface area (Å²) in [7, 11) is 0. The Kier molecular flexibility index (Phi) is 4.95. The number of aliphatic hydroxyl groups is 1. The highest BCUT2D eigenvalue weighted by atomic mass is 16.6. The van der Waals surface area contributed by atoms with Crippen LogP contribution < -0.4 is 5.32 Å². The molecule has 3 rings (SSSR count). The summed E-state index contributed by atoms with van der Waals surface area (Å²) in [6.45, 7) is 5.75. The van der Waals surface area contributed by atoms with Crippen molar-refractivity contribution >= 4 is 17.2 Å². The molecule has 1 amide bonds. The quantitative estimate of drug-likeness (QED) is 0.739. The van der Waals surface area contributed by atoms with Gasteiger partial charge in [-0.3, -0.25) is 0 Å². The summed E-state index contributed by atoms with van der Waals surface area (Å²) in [5.74, 6) is 0. The molecule has 0 unspecified atom stereocenters. The van der Waals surface area contributed by atoms with Crippen LogP contribution in [0.15, 0.2) is 47.2 Å². The summed E-state index contributed by atoms with van der Waals surface area (Å²) in [5, 5.41) is 12.2. The van der Waals surface area contributed by atoms with Crippen molar-refractivity contribution in [3.05, 3.63) is 53.9 Å². The number of benzene rings is 2. The van der Waals surface area contributed by atoms with Gasteiger partial charge in [-0.2, -0.15) is 0 Å². The third-order valence-corrected chi connectivity index (χ3v) is 3.75. The Morgan fingerprint density at radius 1 is 1.23 bits per heavy atom. The molecule has 1 aromatic heterocycles. The van der Waals surface area contributed by atoms with Crippen molar-refractivity contribution < 1.29 is 19.1 Å². The molecule has 1 heterocycles. The van der Waals surface area contributed by atoms with Gasteiger partial charge in [0.15, 0.2) is 12.0 Å². The number of hydrogen-bond donors (Lipinski definition) is 2. The summed E-state index contributed by atoms with van der Waals surface area (Å²) >= 11 is 0. The fourth-order valence-electron chi connectivity index (χ4n) is 2.67. The van der Waals surface area contributed by atoms with Crippen LogP contribution in [0.2, 0.25) is 0 Å². The zero-order valence-electron chi connectivity index (χ0n) is 15.1. The van der Waals surface area contributed by atoms with E-state index in [1.54, 1.807) is 6.07 Å². The van der Waals surface area contributed by atoms with Gasteiger partial charge < -0.3 is 19.6 Å². The van der Waals surface area contributed by atoms with E-state index in [0.29, 0.717) is 17.6 Å². The smallest absolute Gasteiger partial charge is 0.407 e. The van der Waals surface area contributed by atoms with Gasteiger partial charge in [0.1, 0.15) is 11.1 Å². The number of nitrogens with zero attached hydrogens (tertiary/aromatic N) is 1. The summed E-state index contributed by atoms with van der Waals surface area (Å²) in [6.07, 6.45) is 0.936. The summed E-state index contributed by atoms with van der Waals surface area (Å²) in [4.78, 5) is 16.0. The molecule has 3 aromatic rings. The molecule has 136 valence electrons. The van der Waals surface area contributed by atoms with Crippen LogP contribution in [0.5, 0.6) is 0 Å². The first-order valence-corrected chi connectivity index (χ1v) is 8.39. The summed E-state index contributed by atoms with van der Waals surface area (Å²) in [6, 6.07) is 11.4. The number of aromatic nitrogens is 1. The van der Waals surface area contributed by atoms with Gasteiger partial charge in [-0.25, -0.2) is 9.78 Å². The molecule has 0 fully saturated rings. The Labute approximate surface area is 151 Å². The van der Waals surface area contributed by atoms with Gasteiger partial charge in [-0.05, 0) is 55.7 Å². The highest BCUT2D eigenvalue weighted by Crippen LogP contribution is 2.30.